The van der Waals surface area contributed by atoms with Crippen molar-refractivity contribution in [1.29, 1.82) is 0 Å². The summed E-state index contributed by atoms with van der Waals surface area (Å²) in [5, 5.41) is 2.07. The Kier molecular flexibility index (Phi) is 4.50. The monoisotopic (exact) mass is 230 g/mol. The molecule has 0 unspecified atom stereocenters. The van der Waals surface area contributed by atoms with E-state index in [-0.39, 0.29) is 4.90 Å². The molecule has 4 nitrogen and oxygen atoms in total. The molecule has 0 rings (SSSR count). The number of carbonyl (C=O) groups excluding carboxylic acids is 2. The second kappa shape index (κ2) is 4.94. The van der Waals surface area contributed by atoms with Crippen LogP contribution in [0, 0.1) is 0 Å². The minimum Gasteiger partial charge on any atom is -0.358 e. The molecule has 0 aliphatic carbocycles. The highest BCUT2D eigenvalue weighted by Crippen LogP contribution is 2.24. The average Bonchev–Trinajstić information content (AvgIpc) is 2.15. The first-order valence-corrected chi connectivity index (χ1v) is 3.85. The summed E-state index contributed by atoms with van der Waals surface area (Å²) >= 11 is 0. The molecule has 0 saturated heterocycles. The highest BCUT2D eigenvalue weighted by atomic mass is 19.3. The Morgan fingerprint density at radius 3 is 2.20 bits per heavy atom. The number of hydrogen-bond donors (Lipinski definition) is 1. The van der Waals surface area contributed by atoms with Gasteiger partial charge in [0.1, 0.15) is 0 Å². The van der Waals surface area contributed by atoms with Crippen molar-refractivity contribution in [2.24, 2.45) is 0 Å². The summed E-state index contributed by atoms with van der Waals surface area (Å²) < 4.78 is 48.4. The van der Waals surface area contributed by atoms with Crippen LogP contribution in [0.25, 0.3) is 0 Å². The first-order valence-electron chi connectivity index (χ1n) is 3.85. The fraction of sp³-hybridized carbons (Fsp3) is 0.714. The van der Waals surface area contributed by atoms with Gasteiger partial charge in [0.05, 0.1) is 6.54 Å². The molecule has 0 aliphatic heterocycles. The Bertz CT molecular complexity index is 257. The van der Waals surface area contributed by atoms with E-state index in [0.717, 1.165) is 7.05 Å². The number of likely N-dealkylation sites (N-methyl/N-ethyl adjacent to an activating group) is 2. The fourth-order valence-corrected chi connectivity index (χ4v) is 0.714. The van der Waals surface area contributed by atoms with Gasteiger partial charge in [-0.3, -0.25) is 9.59 Å². The normalized spacial score (nSPS) is 11.4. The molecule has 0 aliphatic rings. The van der Waals surface area contributed by atoms with E-state index in [1.807, 2.05) is 0 Å². The van der Waals surface area contributed by atoms with Crippen LogP contribution in [0.4, 0.5) is 17.6 Å². The van der Waals surface area contributed by atoms with Crippen molar-refractivity contribution in [2.45, 2.75) is 12.3 Å². The standard InChI is InChI=1S/C7H10F4N2O2/c1-12-4(14)3-13(2)6(15)7(10,11)5(8)9/h5H,3H2,1-2H3,(H,12,14). The molecule has 0 bridgehead atoms. The summed E-state index contributed by atoms with van der Waals surface area (Å²) in [6, 6.07) is 0. The lowest BCUT2D eigenvalue weighted by molar-refractivity contribution is -0.179. The number of carbonyl (C=O) groups is 2. The number of hydrogen-bond acceptors (Lipinski definition) is 2. The van der Waals surface area contributed by atoms with E-state index in [1.54, 1.807) is 0 Å². The first kappa shape index (κ1) is 13.7. The zero-order valence-electron chi connectivity index (χ0n) is 8.06. The van der Waals surface area contributed by atoms with Gasteiger partial charge in [-0.05, 0) is 0 Å². The van der Waals surface area contributed by atoms with Gasteiger partial charge < -0.3 is 10.2 Å². The topological polar surface area (TPSA) is 49.4 Å². The molecule has 0 aromatic rings. The number of amides is 2. The van der Waals surface area contributed by atoms with Gasteiger partial charge in [-0.15, -0.1) is 0 Å². The number of nitrogens with zero attached hydrogens (tertiary/aromatic N) is 1. The minimum absolute atomic E-state index is 0.241. The van der Waals surface area contributed by atoms with Crippen LogP contribution in [-0.2, 0) is 9.59 Å². The van der Waals surface area contributed by atoms with Gasteiger partial charge in [0.15, 0.2) is 0 Å². The van der Waals surface area contributed by atoms with Crippen LogP contribution < -0.4 is 5.32 Å². The maximum absolute atomic E-state index is 12.5. The number of halogens is 4. The lowest BCUT2D eigenvalue weighted by Crippen LogP contribution is -2.48. The summed E-state index contributed by atoms with van der Waals surface area (Å²) in [4.78, 5) is 21.7. The maximum atomic E-state index is 12.5. The second-order valence-electron chi connectivity index (χ2n) is 2.76. The first-order chi connectivity index (χ1) is 6.73. The third-order valence-electron chi connectivity index (χ3n) is 1.57. The fourth-order valence-electron chi connectivity index (χ4n) is 0.714. The SMILES string of the molecule is CNC(=O)CN(C)C(=O)C(F)(F)C(F)F. The van der Waals surface area contributed by atoms with Crippen LogP contribution >= 0.6 is 0 Å². The summed E-state index contributed by atoms with van der Waals surface area (Å²) in [5.74, 6) is -7.57. The zero-order valence-corrected chi connectivity index (χ0v) is 8.06. The molecular weight excluding hydrogens is 220 g/mol. The summed E-state index contributed by atoms with van der Waals surface area (Å²) in [5.41, 5.74) is 0. The molecule has 88 valence electrons. The highest BCUT2D eigenvalue weighted by molar-refractivity contribution is 5.88. The van der Waals surface area contributed by atoms with Gasteiger partial charge in [0.2, 0.25) is 5.91 Å². The van der Waals surface area contributed by atoms with Gasteiger partial charge in [-0.2, -0.15) is 8.78 Å². The Morgan fingerprint density at radius 2 is 1.87 bits per heavy atom. The maximum Gasteiger partial charge on any atom is 0.383 e. The van der Waals surface area contributed by atoms with Crippen LogP contribution in [0.15, 0.2) is 0 Å². The van der Waals surface area contributed by atoms with Crippen LogP contribution in [0.5, 0.6) is 0 Å². The zero-order chi connectivity index (χ0) is 12.2. The molecule has 0 aromatic heterocycles. The molecule has 2 amide bonds. The van der Waals surface area contributed by atoms with Crippen molar-refractivity contribution in [3.05, 3.63) is 0 Å². The van der Waals surface area contributed by atoms with E-state index in [2.05, 4.69) is 5.32 Å². The summed E-state index contributed by atoms with van der Waals surface area (Å²) in [6.45, 7) is -0.697. The van der Waals surface area contributed by atoms with Crippen LogP contribution in [0.1, 0.15) is 0 Å². The van der Waals surface area contributed by atoms with Gasteiger partial charge in [0.25, 0.3) is 5.91 Å². The Hall–Kier alpha value is -1.34. The molecular formula is C7H10F4N2O2. The molecule has 15 heavy (non-hydrogen) atoms. The third-order valence-corrected chi connectivity index (χ3v) is 1.57. The number of nitrogens with one attached hydrogen (secondary N) is 1. The lowest BCUT2D eigenvalue weighted by Gasteiger charge is -2.21. The van der Waals surface area contributed by atoms with Crippen molar-refractivity contribution < 1.29 is 27.2 Å². The predicted octanol–water partition coefficient (Wildman–Crippen LogP) is 0.0912. The molecule has 0 atom stereocenters. The van der Waals surface area contributed by atoms with Gasteiger partial charge in [0, 0.05) is 14.1 Å². The summed E-state index contributed by atoms with van der Waals surface area (Å²) in [7, 11) is 2.07. The molecule has 0 radical (unpaired) electrons. The minimum atomic E-state index is -4.76. The van der Waals surface area contributed by atoms with Gasteiger partial charge >= 0.3 is 12.3 Å². The van der Waals surface area contributed by atoms with E-state index in [9.17, 15) is 27.2 Å². The molecule has 0 fully saturated rings. The van der Waals surface area contributed by atoms with Crippen molar-refractivity contribution in [3.63, 3.8) is 0 Å². The second-order valence-corrected chi connectivity index (χ2v) is 2.76. The van der Waals surface area contributed by atoms with Crippen LogP contribution in [0.3, 0.4) is 0 Å². The van der Waals surface area contributed by atoms with E-state index in [0.29, 0.717) is 0 Å². The molecule has 0 aromatic carbocycles. The average molecular weight is 230 g/mol. The highest BCUT2D eigenvalue weighted by Gasteiger charge is 2.50. The Morgan fingerprint density at radius 1 is 1.40 bits per heavy atom. The van der Waals surface area contributed by atoms with Crippen molar-refractivity contribution >= 4 is 11.8 Å². The number of alkyl halides is 4. The van der Waals surface area contributed by atoms with E-state index in [1.165, 1.54) is 7.05 Å². The number of rotatable bonds is 4. The van der Waals surface area contributed by atoms with E-state index < -0.39 is 30.7 Å². The quantitative estimate of drug-likeness (QED) is 0.696. The van der Waals surface area contributed by atoms with Crippen LogP contribution in [0.2, 0.25) is 0 Å². The Labute approximate surface area is 83.2 Å². The summed E-state index contributed by atoms with van der Waals surface area (Å²) in [6.07, 6.45) is -4.09. The predicted molar refractivity (Wildman–Crippen MR) is 42.7 cm³/mol. The molecule has 1 N–H and O–H groups in total. The molecule has 0 heterocycles. The van der Waals surface area contributed by atoms with Gasteiger partial charge in [-0.25, -0.2) is 8.78 Å². The molecule has 0 saturated carbocycles. The molecule has 8 heteroatoms. The Balaban J connectivity index is 4.51. The smallest absolute Gasteiger partial charge is 0.358 e. The third kappa shape index (κ3) is 3.37. The van der Waals surface area contributed by atoms with E-state index >= 15 is 0 Å². The van der Waals surface area contributed by atoms with Crippen molar-refractivity contribution in [3.8, 4) is 0 Å². The van der Waals surface area contributed by atoms with E-state index in [4.69, 9.17) is 0 Å². The van der Waals surface area contributed by atoms with Crippen LogP contribution in [-0.4, -0.2) is 49.7 Å². The largest absolute Gasteiger partial charge is 0.383 e. The van der Waals surface area contributed by atoms with Crippen molar-refractivity contribution in [2.75, 3.05) is 20.6 Å². The van der Waals surface area contributed by atoms with Gasteiger partial charge in [-0.1, -0.05) is 0 Å². The van der Waals surface area contributed by atoms with Crippen molar-refractivity contribution in [1.82, 2.24) is 10.2 Å². The molecule has 0 spiro atoms. The lowest BCUT2D eigenvalue weighted by atomic mass is 10.3.